The minimum atomic E-state index is 1.24. The SMILES string of the molecule is CCCCCCCCCCCCCCc1ccsc1-c1ccc(-c2sccc2CCCCCCCCCCCCCC)s1. The van der Waals surface area contributed by atoms with E-state index in [1.54, 1.807) is 11.1 Å². The molecule has 3 aromatic heterocycles. The Bertz CT molecular complexity index is 957. The van der Waals surface area contributed by atoms with Crippen LogP contribution in [0.1, 0.15) is 179 Å². The Kier molecular flexibility index (Phi) is 20.7. The normalized spacial score (nSPS) is 11.6. The van der Waals surface area contributed by atoms with E-state index in [0.29, 0.717) is 0 Å². The Morgan fingerprint density at radius 2 is 0.674 bits per heavy atom. The molecule has 0 N–H and O–H groups in total. The summed E-state index contributed by atoms with van der Waals surface area (Å²) < 4.78 is 0. The molecule has 0 unspecified atom stereocenters. The van der Waals surface area contributed by atoms with Crippen molar-refractivity contribution in [2.24, 2.45) is 0 Å². The molecule has 3 aromatic rings. The lowest BCUT2D eigenvalue weighted by molar-refractivity contribution is 0.544. The number of hydrogen-bond donors (Lipinski definition) is 0. The molecule has 0 saturated carbocycles. The maximum Gasteiger partial charge on any atom is 0.0474 e. The van der Waals surface area contributed by atoms with Gasteiger partial charge in [0.1, 0.15) is 0 Å². The van der Waals surface area contributed by atoms with Crippen molar-refractivity contribution in [3.8, 4) is 19.5 Å². The van der Waals surface area contributed by atoms with Crippen molar-refractivity contribution in [2.45, 2.75) is 181 Å². The van der Waals surface area contributed by atoms with E-state index in [0.717, 1.165) is 0 Å². The fourth-order valence-electron chi connectivity index (χ4n) is 6.39. The Morgan fingerprint density at radius 3 is 1.00 bits per heavy atom. The first kappa shape index (κ1) is 36.6. The fraction of sp³-hybridized carbons (Fsp3) is 0.700. The van der Waals surface area contributed by atoms with Crippen molar-refractivity contribution in [3.63, 3.8) is 0 Å². The molecule has 3 heteroatoms. The molecule has 0 aliphatic heterocycles. The van der Waals surface area contributed by atoms with Gasteiger partial charge in [-0.25, -0.2) is 0 Å². The predicted octanol–water partition coefficient (Wildman–Crippen LogP) is 15.7. The van der Waals surface area contributed by atoms with E-state index < -0.39 is 0 Å². The van der Waals surface area contributed by atoms with E-state index in [1.165, 1.54) is 186 Å². The summed E-state index contributed by atoms with van der Waals surface area (Å²) >= 11 is 5.91. The highest BCUT2D eigenvalue weighted by Crippen LogP contribution is 2.42. The maximum absolute atomic E-state index is 2.39. The van der Waals surface area contributed by atoms with Gasteiger partial charge in [0, 0.05) is 19.5 Å². The number of unbranched alkanes of at least 4 members (excludes halogenated alkanes) is 22. The van der Waals surface area contributed by atoms with Crippen LogP contribution in [0.3, 0.4) is 0 Å². The van der Waals surface area contributed by atoms with Crippen molar-refractivity contribution in [2.75, 3.05) is 0 Å². The summed E-state index contributed by atoms with van der Waals surface area (Å²) in [5.41, 5.74) is 3.15. The topological polar surface area (TPSA) is 0 Å². The Hall–Kier alpha value is -0.900. The van der Waals surface area contributed by atoms with E-state index in [-0.39, 0.29) is 0 Å². The average molecular weight is 641 g/mol. The van der Waals surface area contributed by atoms with Crippen LogP contribution in [0.2, 0.25) is 0 Å². The number of rotatable bonds is 28. The molecule has 0 aliphatic carbocycles. The van der Waals surface area contributed by atoms with Gasteiger partial charge in [0.15, 0.2) is 0 Å². The lowest BCUT2D eigenvalue weighted by atomic mass is 10.0. The van der Waals surface area contributed by atoms with Crippen molar-refractivity contribution in [3.05, 3.63) is 46.2 Å². The fourth-order valence-corrected chi connectivity index (χ4v) is 9.64. The molecule has 0 aliphatic rings. The average Bonchev–Trinajstić information content (AvgIpc) is 3.79. The predicted molar refractivity (Wildman–Crippen MR) is 201 cm³/mol. The van der Waals surface area contributed by atoms with Crippen molar-refractivity contribution in [1.82, 2.24) is 0 Å². The largest absolute Gasteiger partial charge is 0.143 e. The van der Waals surface area contributed by atoms with Crippen LogP contribution in [0.5, 0.6) is 0 Å². The van der Waals surface area contributed by atoms with Gasteiger partial charge in [-0.05, 0) is 71.8 Å². The van der Waals surface area contributed by atoms with Gasteiger partial charge in [0.2, 0.25) is 0 Å². The third-order valence-corrected chi connectivity index (χ3v) is 12.5. The lowest BCUT2D eigenvalue weighted by Crippen LogP contribution is -1.87. The highest BCUT2D eigenvalue weighted by molar-refractivity contribution is 7.25. The molecule has 0 aromatic carbocycles. The molecule has 0 amide bonds. The molecule has 3 heterocycles. The van der Waals surface area contributed by atoms with Crippen LogP contribution in [-0.4, -0.2) is 0 Å². The van der Waals surface area contributed by atoms with Crippen LogP contribution in [0.4, 0.5) is 0 Å². The molecular weight excluding hydrogens is 577 g/mol. The molecule has 0 nitrogen and oxygen atoms in total. The van der Waals surface area contributed by atoms with Crippen molar-refractivity contribution in [1.29, 1.82) is 0 Å². The number of aryl methyl sites for hydroxylation is 2. The second-order valence-corrected chi connectivity index (χ2v) is 15.9. The molecule has 0 atom stereocenters. The quantitative estimate of drug-likeness (QED) is 0.0693. The van der Waals surface area contributed by atoms with Gasteiger partial charge in [-0.2, -0.15) is 0 Å². The first-order chi connectivity index (χ1) is 21.3. The van der Waals surface area contributed by atoms with E-state index in [1.807, 2.05) is 34.0 Å². The summed E-state index contributed by atoms with van der Waals surface area (Å²) in [5, 5.41) is 4.63. The van der Waals surface area contributed by atoms with Crippen LogP contribution in [0, 0.1) is 0 Å². The molecule has 0 fully saturated rings. The van der Waals surface area contributed by atoms with Crippen LogP contribution in [-0.2, 0) is 12.8 Å². The van der Waals surface area contributed by atoms with Gasteiger partial charge >= 0.3 is 0 Å². The van der Waals surface area contributed by atoms with Gasteiger partial charge in [0.25, 0.3) is 0 Å². The monoisotopic (exact) mass is 640 g/mol. The molecule has 3 rings (SSSR count). The molecular formula is C40H64S3. The van der Waals surface area contributed by atoms with E-state index in [4.69, 9.17) is 0 Å². The number of thiophene rings is 3. The van der Waals surface area contributed by atoms with E-state index in [2.05, 4.69) is 48.9 Å². The summed E-state index contributed by atoms with van der Waals surface area (Å²) in [6.45, 7) is 4.61. The zero-order chi connectivity index (χ0) is 30.2. The van der Waals surface area contributed by atoms with Crippen LogP contribution >= 0.6 is 34.0 Å². The van der Waals surface area contributed by atoms with Crippen LogP contribution in [0.15, 0.2) is 35.0 Å². The zero-order valence-corrected chi connectivity index (χ0v) is 30.5. The third-order valence-electron chi connectivity index (χ3n) is 9.15. The highest BCUT2D eigenvalue weighted by Gasteiger charge is 2.14. The smallest absolute Gasteiger partial charge is 0.0474 e. The van der Waals surface area contributed by atoms with Crippen molar-refractivity contribution < 1.29 is 0 Å². The zero-order valence-electron chi connectivity index (χ0n) is 28.1. The third kappa shape index (κ3) is 15.3. The molecule has 0 bridgehead atoms. The summed E-state index contributed by atoms with van der Waals surface area (Å²) in [5.74, 6) is 0. The standard InChI is InChI=1S/C40H64S3/c1-3-5-7-9-11-13-15-17-19-21-23-25-27-35-31-33-41-39(35)37-29-30-38(43-37)40-36(32-34-42-40)28-26-24-22-20-18-16-14-12-10-8-6-4-2/h29-34H,3-28H2,1-2H3. The first-order valence-electron chi connectivity index (χ1n) is 18.6. The second-order valence-electron chi connectivity index (χ2n) is 13.0. The minimum absolute atomic E-state index is 1.24. The van der Waals surface area contributed by atoms with Gasteiger partial charge in [-0.3, -0.25) is 0 Å². The summed E-state index contributed by atoms with van der Waals surface area (Å²) in [6, 6.07) is 9.57. The minimum Gasteiger partial charge on any atom is -0.143 e. The highest BCUT2D eigenvalue weighted by atomic mass is 32.1. The Morgan fingerprint density at radius 1 is 0.372 bits per heavy atom. The van der Waals surface area contributed by atoms with E-state index >= 15 is 0 Å². The molecule has 0 saturated heterocycles. The maximum atomic E-state index is 2.39. The van der Waals surface area contributed by atoms with Gasteiger partial charge in [-0.15, -0.1) is 34.0 Å². The summed E-state index contributed by atoms with van der Waals surface area (Å²) in [6.07, 6.45) is 36.6. The summed E-state index contributed by atoms with van der Waals surface area (Å²) in [4.78, 5) is 6.00. The number of hydrogen-bond acceptors (Lipinski definition) is 3. The molecule has 43 heavy (non-hydrogen) atoms. The van der Waals surface area contributed by atoms with Crippen LogP contribution < -0.4 is 0 Å². The first-order valence-corrected chi connectivity index (χ1v) is 21.1. The molecule has 0 radical (unpaired) electrons. The van der Waals surface area contributed by atoms with Gasteiger partial charge in [0.05, 0.1) is 0 Å². The molecule has 0 spiro atoms. The van der Waals surface area contributed by atoms with Crippen molar-refractivity contribution >= 4 is 34.0 Å². The Balaban J connectivity index is 1.29. The van der Waals surface area contributed by atoms with Gasteiger partial charge < -0.3 is 0 Å². The Labute approximate surface area is 279 Å². The van der Waals surface area contributed by atoms with E-state index in [9.17, 15) is 0 Å². The lowest BCUT2D eigenvalue weighted by Gasteiger charge is -2.05. The molecule has 242 valence electrons. The van der Waals surface area contributed by atoms with Gasteiger partial charge in [-0.1, -0.05) is 155 Å². The van der Waals surface area contributed by atoms with Crippen LogP contribution in [0.25, 0.3) is 19.5 Å². The second kappa shape index (κ2) is 24.3. The summed E-state index contributed by atoms with van der Waals surface area (Å²) in [7, 11) is 0.